The van der Waals surface area contributed by atoms with Gasteiger partial charge in [0.2, 0.25) is 0 Å². The molecule has 2 N–H and O–H groups in total. The molecule has 3 aromatic heterocycles. The fourth-order valence-electron chi connectivity index (χ4n) is 2.98. The molecule has 0 saturated heterocycles. The lowest BCUT2D eigenvalue weighted by molar-refractivity contribution is 0.0946. The second kappa shape index (κ2) is 6.25. The number of amides is 1. The van der Waals surface area contributed by atoms with Crippen molar-refractivity contribution in [2.45, 2.75) is 25.7 Å². The molecule has 3 aromatic rings. The Hall–Kier alpha value is -2.80. The second-order valence-corrected chi connectivity index (χ2v) is 6.23. The second-order valence-electron chi connectivity index (χ2n) is 6.23. The standard InChI is InChI=1S/C18H19N5O2/c1-11-16-13(18(25)20-8-9-24)10-14(12-5-6-12)21-17(16)23(22-11)15-4-2-3-7-19-15/h2-4,7,10,12,24H,5-6,8-9H2,1H3,(H,20,25). The van der Waals surface area contributed by atoms with Gasteiger partial charge in [-0.15, -0.1) is 0 Å². The number of aliphatic hydroxyl groups excluding tert-OH is 1. The van der Waals surface area contributed by atoms with Crippen molar-refractivity contribution < 1.29 is 9.90 Å². The van der Waals surface area contributed by atoms with Gasteiger partial charge in [0.15, 0.2) is 11.5 Å². The molecule has 4 rings (SSSR count). The quantitative estimate of drug-likeness (QED) is 0.739. The molecule has 0 atom stereocenters. The van der Waals surface area contributed by atoms with Crippen molar-refractivity contribution in [1.82, 2.24) is 25.1 Å². The highest BCUT2D eigenvalue weighted by molar-refractivity contribution is 6.06. The lowest BCUT2D eigenvalue weighted by atomic mass is 10.1. The van der Waals surface area contributed by atoms with Gasteiger partial charge in [0, 0.05) is 24.4 Å². The number of aryl methyl sites for hydroxylation is 1. The summed E-state index contributed by atoms with van der Waals surface area (Å²) in [5, 5.41) is 17.0. The van der Waals surface area contributed by atoms with Crippen LogP contribution in [0.4, 0.5) is 0 Å². The van der Waals surface area contributed by atoms with Crippen LogP contribution in [-0.4, -0.2) is 43.9 Å². The van der Waals surface area contributed by atoms with Gasteiger partial charge >= 0.3 is 0 Å². The SMILES string of the molecule is Cc1nn(-c2ccccn2)c2nc(C3CC3)cc(C(=O)NCCO)c12. The van der Waals surface area contributed by atoms with Crippen LogP contribution in [0.25, 0.3) is 16.9 Å². The Balaban J connectivity index is 1.92. The van der Waals surface area contributed by atoms with E-state index in [1.807, 2.05) is 31.2 Å². The Morgan fingerprint density at radius 1 is 1.40 bits per heavy atom. The summed E-state index contributed by atoms with van der Waals surface area (Å²) in [6, 6.07) is 7.47. The van der Waals surface area contributed by atoms with Crippen LogP contribution in [0.5, 0.6) is 0 Å². The van der Waals surface area contributed by atoms with Gasteiger partial charge in [-0.05, 0) is 38.0 Å². The molecular formula is C18H19N5O2. The molecule has 0 aliphatic heterocycles. The van der Waals surface area contributed by atoms with E-state index in [-0.39, 0.29) is 19.1 Å². The molecule has 1 saturated carbocycles. The van der Waals surface area contributed by atoms with Crippen molar-refractivity contribution in [2.24, 2.45) is 0 Å². The van der Waals surface area contributed by atoms with Gasteiger partial charge in [-0.1, -0.05) is 6.07 Å². The van der Waals surface area contributed by atoms with Gasteiger partial charge in [-0.2, -0.15) is 9.78 Å². The first-order chi connectivity index (χ1) is 12.2. The van der Waals surface area contributed by atoms with Crippen molar-refractivity contribution in [1.29, 1.82) is 0 Å². The third-order valence-corrected chi connectivity index (χ3v) is 4.34. The van der Waals surface area contributed by atoms with Crippen LogP contribution in [0.1, 0.15) is 40.5 Å². The highest BCUT2D eigenvalue weighted by atomic mass is 16.3. The molecule has 7 nitrogen and oxygen atoms in total. The minimum Gasteiger partial charge on any atom is -0.395 e. The molecule has 1 aliphatic rings. The molecule has 25 heavy (non-hydrogen) atoms. The van der Waals surface area contributed by atoms with Crippen molar-refractivity contribution >= 4 is 16.9 Å². The first-order valence-corrected chi connectivity index (χ1v) is 8.39. The van der Waals surface area contributed by atoms with Crippen LogP contribution >= 0.6 is 0 Å². The van der Waals surface area contributed by atoms with E-state index in [0.29, 0.717) is 22.9 Å². The molecule has 1 aliphatic carbocycles. The monoisotopic (exact) mass is 337 g/mol. The molecule has 3 heterocycles. The number of nitrogens with zero attached hydrogens (tertiary/aromatic N) is 4. The molecule has 0 aromatic carbocycles. The number of hydrogen-bond acceptors (Lipinski definition) is 5. The highest BCUT2D eigenvalue weighted by Crippen LogP contribution is 2.40. The highest BCUT2D eigenvalue weighted by Gasteiger charge is 2.29. The van der Waals surface area contributed by atoms with Crippen LogP contribution in [0.3, 0.4) is 0 Å². The predicted octanol–water partition coefficient (Wildman–Crippen LogP) is 1.72. The molecule has 128 valence electrons. The minimum atomic E-state index is -0.216. The van der Waals surface area contributed by atoms with Crippen molar-refractivity contribution in [3.63, 3.8) is 0 Å². The molecular weight excluding hydrogens is 318 g/mol. The van der Waals surface area contributed by atoms with E-state index in [1.165, 1.54) is 0 Å². The van der Waals surface area contributed by atoms with Gasteiger partial charge in [-0.25, -0.2) is 9.97 Å². The maximum Gasteiger partial charge on any atom is 0.252 e. The van der Waals surface area contributed by atoms with Crippen molar-refractivity contribution in [3.05, 3.63) is 47.4 Å². The van der Waals surface area contributed by atoms with Crippen LogP contribution in [-0.2, 0) is 0 Å². The summed E-state index contributed by atoms with van der Waals surface area (Å²) in [6.45, 7) is 1.99. The summed E-state index contributed by atoms with van der Waals surface area (Å²) in [4.78, 5) is 21.8. The average molecular weight is 337 g/mol. The fourth-order valence-corrected chi connectivity index (χ4v) is 2.98. The summed E-state index contributed by atoms with van der Waals surface area (Å²) < 4.78 is 1.69. The smallest absolute Gasteiger partial charge is 0.252 e. The molecule has 7 heteroatoms. The predicted molar refractivity (Wildman–Crippen MR) is 92.8 cm³/mol. The number of aliphatic hydroxyl groups is 1. The number of rotatable bonds is 5. The van der Waals surface area contributed by atoms with Gasteiger partial charge < -0.3 is 10.4 Å². The summed E-state index contributed by atoms with van der Waals surface area (Å²) in [5.74, 6) is 0.857. The number of fused-ring (bicyclic) bond motifs is 1. The summed E-state index contributed by atoms with van der Waals surface area (Å²) >= 11 is 0. The summed E-state index contributed by atoms with van der Waals surface area (Å²) in [5.41, 5.74) is 2.85. The Morgan fingerprint density at radius 2 is 2.24 bits per heavy atom. The summed E-state index contributed by atoms with van der Waals surface area (Å²) in [7, 11) is 0. The van der Waals surface area contributed by atoms with Crippen molar-refractivity contribution in [2.75, 3.05) is 13.2 Å². The van der Waals surface area contributed by atoms with Gasteiger partial charge in [0.1, 0.15) is 0 Å². The molecule has 1 fully saturated rings. The summed E-state index contributed by atoms with van der Waals surface area (Å²) in [6.07, 6.45) is 3.89. The van der Waals surface area contributed by atoms with Crippen LogP contribution in [0.2, 0.25) is 0 Å². The van der Waals surface area contributed by atoms with Crippen LogP contribution < -0.4 is 5.32 Å². The minimum absolute atomic E-state index is 0.0956. The maximum absolute atomic E-state index is 12.6. The zero-order valence-electron chi connectivity index (χ0n) is 13.9. The van der Waals surface area contributed by atoms with E-state index >= 15 is 0 Å². The van der Waals surface area contributed by atoms with E-state index in [1.54, 1.807) is 10.9 Å². The topological polar surface area (TPSA) is 92.9 Å². The third-order valence-electron chi connectivity index (χ3n) is 4.34. The lowest BCUT2D eigenvalue weighted by Crippen LogP contribution is -2.26. The van der Waals surface area contributed by atoms with E-state index in [4.69, 9.17) is 10.1 Å². The van der Waals surface area contributed by atoms with E-state index in [9.17, 15) is 4.79 Å². The number of pyridine rings is 2. The molecule has 0 unspecified atom stereocenters. The fraction of sp³-hybridized carbons (Fsp3) is 0.333. The number of aromatic nitrogens is 4. The van der Waals surface area contributed by atoms with Crippen LogP contribution in [0, 0.1) is 6.92 Å². The van der Waals surface area contributed by atoms with E-state index in [2.05, 4.69) is 15.4 Å². The maximum atomic E-state index is 12.6. The van der Waals surface area contributed by atoms with Crippen LogP contribution in [0.15, 0.2) is 30.5 Å². The lowest BCUT2D eigenvalue weighted by Gasteiger charge is -2.08. The zero-order valence-corrected chi connectivity index (χ0v) is 13.9. The largest absolute Gasteiger partial charge is 0.395 e. The Bertz CT molecular complexity index is 932. The van der Waals surface area contributed by atoms with Gasteiger partial charge in [0.05, 0.1) is 23.3 Å². The molecule has 0 spiro atoms. The van der Waals surface area contributed by atoms with Gasteiger partial charge in [0.25, 0.3) is 5.91 Å². The Morgan fingerprint density at radius 3 is 2.92 bits per heavy atom. The molecule has 1 amide bonds. The van der Waals surface area contributed by atoms with E-state index in [0.717, 1.165) is 29.6 Å². The van der Waals surface area contributed by atoms with E-state index < -0.39 is 0 Å². The Kier molecular flexibility index (Phi) is 3.93. The van der Waals surface area contributed by atoms with Crippen molar-refractivity contribution in [3.8, 4) is 5.82 Å². The number of carbonyl (C=O) groups excluding carboxylic acids is 1. The first kappa shape index (κ1) is 15.7. The number of carbonyl (C=O) groups is 1. The Labute approximate surface area is 144 Å². The molecule has 0 bridgehead atoms. The number of nitrogens with one attached hydrogen (secondary N) is 1. The normalized spacial score (nSPS) is 14.0. The van der Waals surface area contributed by atoms with Gasteiger partial charge in [-0.3, -0.25) is 4.79 Å². The molecule has 0 radical (unpaired) electrons. The third kappa shape index (κ3) is 2.87. The average Bonchev–Trinajstić information content (AvgIpc) is 3.44. The zero-order chi connectivity index (χ0) is 17.4. The first-order valence-electron chi connectivity index (χ1n) is 8.39. The number of hydrogen-bond donors (Lipinski definition) is 2.